The minimum atomic E-state index is 0.171. The molecule has 3 N–H and O–H groups in total. The van der Waals surface area contributed by atoms with Crippen LogP contribution in [0, 0.1) is 11.3 Å². The maximum Gasteiger partial charge on any atom is 0.220 e. The number of rotatable bonds is 3. The lowest BCUT2D eigenvalue weighted by Gasteiger charge is -2.26. The van der Waals surface area contributed by atoms with Crippen molar-refractivity contribution in [2.75, 3.05) is 6.54 Å². The Balaban J connectivity index is 2.19. The first kappa shape index (κ1) is 13.5. The first-order valence-electron chi connectivity index (χ1n) is 6.39. The Morgan fingerprint density at radius 2 is 1.81 bits per heavy atom. The van der Waals surface area contributed by atoms with Gasteiger partial charge in [0.1, 0.15) is 0 Å². The van der Waals surface area contributed by atoms with Gasteiger partial charge in [0.15, 0.2) is 0 Å². The molecule has 1 saturated carbocycles. The fraction of sp³-hybridized carbons (Fsp3) is 0.923. The van der Waals surface area contributed by atoms with E-state index in [1.165, 1.54) is 0 Å². The molecule has 0 aliphatic heterocycles. The summed E-state index contributed by atoms with van der Waals surface area (Å²) in [5.41, 5.74) is 6.01. The second kappa shape index (κ2) is 5.67. The van der Waals surface area contributed by atoms with E-state index in [-0.39, 0.29) is 11.3 Å². The molecule has 0 spiro atoms. The van der Waals surface area contributed by atoms with Gasteiger partial charge in [0.25, 0.3) is 0 Å². The molecule has 16 heavy (non-hydrogen) atoms. The van der Waals surface area contributed by atoms with Gasteiger partial charge in [0.05, 0.1) is 0 Å². The van der Waals surface area contributed by atoms with Crippen molar-refractivity contribution in [1.82, 2.24) is 5.32 Å². The predicted molar refractivity (Wildman–Crippen MR) is 67.0 cm³/mol. The van der Waals surface area contributed by atoms with Gasteiger partial charge in [0, 0.05) is 19.0 Å². The van der Waals surface area contributed by atoms with E-state index in [0.29, 0.717) is 18.4 Å². The molecule has 0 aromatic heterocycles. The van der Waals surface area contributed by atoms with Gasteiger partial charge in [-0.05, 0) is 37.0 Å². The van der Waals surface area contributed by atoms with Crippen LogP contribution in [0.5, 0.6) is 0 Å². The van der Waals surface area contributed by atoms with Crippen molar-refractivity contribution in [2.45, 2.75) is 58.9 Å². The minimum Gasteiger partial charge on any atom is -0.356 e. The van der Waals surface area contributed by atoms with Gasteiger partial charge in [0.2, 0.25) is 5.91 Å². The molecule has 0 saturated heterocycles. The predicted octanol–water partition coefficient (Wildman–Crippen LogP) is 2.06. The topological polar surface area (TPSA) is 55.1 Å². The standard InChI is InChI=1S/C13H26N2O/c1-13(2,3)9-15-12(16)8-10-4-6-11(14)7-5-10/h10-11H,4-9,14H2,1-3H3,(H,15,16). The summed E-state index contributed by atoms with van der Waals surface area (Å²) < 4.78 is 0. The number of hydrogen-bond donors (Lipinski definition) is 2. The van der Waals surface area contributed by atoms with Gasteiger partial charge in [-0.2, -0.15) is 0 Å². The van der Waals surface area contributed by atoms with Crippen LogP contribution in [0.15, 0.2) is 0 Å². The Bertz CT molecular complexity index is 225. The number of carbonyl (C=O) groups excluding carboxylic acids is 1. The molecule has 1 aliphatic carbocycles. The number of nitrogens with one attached hydrogen (secondary N) is 1. The molecular weight excluding hydrogens is 200 g/mol. The van der Waals surface area contributed by atoms with Crippen LogP contribution < -0.4 is 11.1 Å². The third-order valence-electron chi connectivity index (χ3n) is 3.18. The average Bonchev–Trinajstić information content (AvgIpc) is 2.18. The van der Waals surface area contributed by atoms with E-state index in [1.54, 1.807) is 0 Å². The summed E-state index contributed by atoms with van der Waals surface area (Å²) in [6, 6.07) is 0.369. The molecule has 1 amide bonds. The van der Waals surface area contributed by atoms with E-state index in [9.17, 15) is 4.79 Å². The van der Waals surface area contributed by atoms with Crippen LogP contribution >= 0.6 is 0 Å². The highest BCUT2D eigenvalue weighted by molar-refractivity contribution is 5.76. The van der Waals surface area contributed by atoms with Gasteiger partial charge in [-0.15, -0.1) is 0 Å². The Kier molecular flexibility index (Phi) is 4.78. The van der Waals surface area contributed by atoms with Crippen LogP contribution in [0.25, 0.3) is 0 Å². The second-order valence-electron chi connectivity index (χ2n) is 6.32. The highest BCUT2D eigenvalue weighted by atomic mass is 16.1. The molecule has 0 bridgehead atoms. The molecule has 3 heteroatoms. The molecule has 1 rings (SSSR count). The summed E-state index contributed by atoms with van der Waals surface area (Å²) in [5, 5.41) is 3.01. The summed E-state index contributed by atoms with van der Waals surface area (Å²) in [6.45, 7) is 7.16. The molecular formula is C13H26N2O. The summed E-state index contributed by atoms with van der Waals surface area (Å²) in [5.74, 6) is 0.759. The molecule has 94 valence electrons. The molecule has 0 aromatic carbocycles. The molecule has 0 radical (unpaired) electrons. The summed E-state index contributed by atoms with van der Waals surface area (Å²) in [7, 11) is 0. The average molecular weight is 226 g/mol. The third-order valence-corrected chi connectivity index (χ3v) is 3.18. The van der Waals surface area contributed by atoms with E-state index < -0.39 is 0 Å². The summed E-state index contributed by atoms with van der Waals surface area (Å²) in [6.07, 6.45) is 5.07. The van der Waals surface area contributed by atoms with Crippen molar-refractivity contribution in [3.8, 4) is 0 Å². The molecule has 0 heterocycles. The van der Waals surface area contributed by atoms with Crippen molar-refractivity contribution in [2.24, 2.45) is 17.1 Å². The first-order valence-corrected chi connectivity index (χ1v) is 6.39. The fourth-order valence-corrected chi connectivity index (χ4v) is 2.09. The minimum absolute atomic E-state index is 0.171. The molecule has 0 unspecified atom stereocenters. The summed E-state index contributed by atoms with van der Waals surface area (Å²) in [4.78, 5) is 11.7. The molecule has 0 aromatic rings. The van der Waals surface area contributed by atoms with E-state index in [0.717, 1.165) is 32.2 Å². The lowest BCUT2D eigenvalue weighted by atomic mass is 9.84. The number of nitrogens with two attached hydrogens (primary N) is 1. The quantitative estimate of drug-likeness (QED) is 0.774. The lowest BCUT2D eigenvalue weighted by molar-refractivity contribution is -0.122. The molecule has 1 aliphatic rings. The van der Waals surface area contributed by atoms with Crippen molar-refractivity contribution in [3.63, 3.8) is 0 Å². The number of amides is 1. The van der Waals surface area contributed by atoms with E-state index in [4.69, 9.17) is 5.73 Å². The van der Waals surface area contributed by atoms with Crippen molar-refractivity contribution < 1.29 is 4.79 Å². The smallest absolute Gasteiger partial charge is 0.220 e. The van der Waals surface area contributed by atoms with Crippen molar-refractivity contribution in [1.29, 1.82) is 0 Å². The largest absolute Gasteiger partial charge is 0.356 e. The molecule has 0 atom stereocenters. The monoisotopic (exact) mass is 226 g/mol. The zero-order chi connectivity index (χ0) is 12.2. The number of hydrogen-bond acceptors (Lipinski definition) is 2. The highest BCUT2D eigenvalue weighted by Crippen LogP contribution is 2.25. The van der Waals surface area contributed by atoms with Crippen LogP contribution in [0.3, 0.4) is 0 Å². The van der Waals surface area contributed by atoms with Crippen LogP contribution in [0.4, 0.5) is 0 Å². The zero-order valence-corrected chi connectivity index (χ0v) is 10.9. The van der Waals surface area contributed by atoms with Crippen LogP contribution in [-0.4, -0.2) is 18.5 Å². The van der Waals surface area contributed by atoms with Gasteiger partial charge >= 0.3 is 0 Å². The van der Waals surface area contributed by atoms with E-state index in [1.807, 2.05) is 0 Å². The first-order chi connectivity index (χ1) is 7.37. The maximum atomic E-state index is 11.7. The normalized spacial score (nSPS) is 26.5. The van der Waals surface area contributed by atoms with E-state index in [2.05, 4.69) is 26.1 Å². The van der Waals surface area contributed by atoms with Gasteiger partial charge in [-0.3, -0.25) is 4.79 Å². The SMILES string of the molecule is CC(C)(C)CNC(=O)CC1CCC(N)CC1. The Morgan fingerprint density at radius 1 is 1.25 bits per heavy atom. The zero-order valence-electron chi connectivity index (χ0n) is 10.9. The van der Waals surface area contributed by atoms with Crippen molar-refractivity contribution >= 4 is 5.91 Å². The van der Waals surface area contributed by atoms with Gasteiger partial charge in [-0.1, -0.05) is 20.8 Å². The summed E-state index contributed by atoms with van der Waals surface area (Å²) >= 11 is 0. The second-order valence-corrected chi connectivity index (χ2v) is 6.32. The van der Waals surface area contributed by atoms with Crippen LogP contribution in [-0.2, 0) is 4.79 Å². The molecule has 3 nitrogen and oxygen atoms in total. The van der Waals surface area contributed by atoms with Crippen LogP contribution in [0.2, 0.25) is 0 Å². The van der Waals surface area contributed by atoms with E-state index >= 15 is 0 Å². The van der Waals surface area contributed by atoms with Crippen molar-refractivity contribution in [3.05, 3.63) is 0 Å². The highest BCUT2D eigenvalue weighted by Gasteiger charge is 2.21. The Morgan fingerprint density at radius 3 is 2.31 bits per heavy atom. The fourth-order valence-electron chi connectivity index (χ4n) is 2.09. The number of carbonyl (C=O) groups is 1. The van der Waals surface area contributed by atoms with Gasteiger partial charge in [-0.25, -0.2) is 0 Å². The third kappa shape index (κ3) is 5.50. The molecule has 1 fully saturated rings. The van der Waals surface area contributed by atoms with Gasteiger partial charge < -0.3 is 11.1 Å². The Labute approximate surface area is 99.2 Å². The van der Waals surface area contributed by atoms with Crippen LogP contribution in [0.1, 0.15) is 52.9 Å². The maximum absolute atomic E-state index is 11.7. The Hall–Kier alpha value is -0.570. The lowest BCUT2D eigenvalue weighted by Crippen LogP contribution is -2.34.